The molecule has 6 nitrogen and oxygen atoms in total. The summed E-state index contributed by atoms with van der Waals surface area (Å²) in [4.78, 5) is 35.0. The zero-order chi connectivity index (χ0) is 20.1. The van der Waals surface area contributed by atoms with Crippen LogP contribution in [0.15, 0.2) is 24.3 Å². The molecule has 142 valence electrons. The summed E-state index contributed by atoms with van der Waals surface area (Å²) in [5.74, 6) is -3.29. The van der Waals surface area contributed by atoms with Crippen molar-refractivity contribution < 1.29 is 27.7 Å². The molecule has 0 radical (unpaired) electrons. The van der Waals surface area contributed by atoms with E-state index in [0.29, 0.717) is 10.5 Å². The van der Waals surface area contributed by atoms with Crippen molar-refractivity contribution in [2.24, 2.45) is 0 Å². The van der Waals surface area contributed by atoms with E-state index in [0.717, 1.165) is 6.07 Å². The number of nitrogens with zero attached hydrogens (tertiary/aromatic N) is 2. The number of carbonyl (C=O) groups excluding carboxylic acids is 2. The maximum atomic E-state index is 13.0. The smallest absolute Gasteiger partial charge is 0.303 e. The lowest BCUT2D eigenvalue weighted by molar-refractivity contribution is -0.383. The molecule has 1 unspecified atom stereocenters. The maximum absolute atomic E-state index is 13.0. The number of benzene rings is 2. The fraction of sp³-hybridized carbons (Fsp3) is 0.294. The van der Waals surface area contributed by atoms with Gasteiger partial charge in [0.1, 0.15) is 0 Å². The molecule has 0 saturated heterocycles. The summed E-state index contributed by atoms with van der Waals surface area (Å²) in [6.45, 7) is 0.891. The topological polar surface area (TPSA) is 80.5 Å². The number of Topliss-reactive ketones (excluding diaryl/α,β-unsaturated/α-hetero) is 1. The fourth-order valence-corrected chi connectivity index (χ4v) is 3.69. The minimum atomic E-state index is -5.14. The van der Waals surface area contributed by atoms with Crippen LogP contribution >= 0.6 is 11.6 Å². The van der Waals surface area contributed by atoms with Crippen LogP contribution in [0.25, 0.3) is 10.8 Å². The largest absolute Gasteiger partial charge is 0.471 e. The Labute approximate surface area is 155 Å². The number of fused-ring (bicyclic) bond motifs is 3. The van der Waals surface area contributed by atoms with Crippen molar-refractivity contribution in [2.75, 3.05) is 17.3 Å². The molecular weight excluding hydrogens is 389 g/mol. The molecule has 10 heteroatoms. The SMILES string of the molecule is CC(=O)c1cccc2c3c(cc([N+](=O)[O-])c12)N(C(=O)C(F)(F)F)CC3CCl. The molecule has 3 rings (SSSR count). The average Bonchev–Trinajstić information content (AvgIpc) is 2.97. The molecule has 1 atom stereocenters. The zero-order valence-corrected chi connectivity index (χ0v) is 14.6. The van der Waals surface area contributed by atoms with Crippen LogP contribution in [0.5, 0.6) is 0 Å². The van der Waals surface area contributed by atoms with E-state index in [1.54, 1.807) is 0 Å². The Morgan fingerprint density at radius 2 is 2.04 bits per heavy atom. The molecule has 2 aromatic carbocycles. The number of anilines is 1. The first-order valence-corrected chi connectivity index (χ1v) is 8.31. The van der Waals surface area contributed by atoms with Gasteiger partial charge in [-0.3, -0.25) is 19.7 Å². The van der Waals surface area contributed by atoms with E-state index >= 15 is 0 Å². The average molecular weight is 401 g/mol. The Morgan fingerprint density at radius 1 is 1.37 bits per heavy atom. The van der Waals surface area contributed by atoms with Gasteiger partial charge in [0.05, 0.1) is 16.0 Å². The monoisotopic (exact) mass is 400 g/mol. The van der Waals surface area contributed by atoms with E-state index < -0.39 is 34.4 Å². The summed E-state index contributed by atoms with van der Waals surface area (Å²) < 4.78 is 38.9. The number of rotatable bonds is 3. The Hall–Kier alpha value is -2.68. The van der Waals surface area contributed by atoms with Gasteiger partial charge in [0.2, 0.25) is 0 Å². The molecule has 0 N–H and O–H groups in total. The highest BCUT2D eigenvalue weighted by Gasteiger charge is 2.47. The number of nitro groups is 1. The third kappa shape index (κ3) is 3.01. The van der Waals surface area contributed by atoms with Crippen molar-refractivity contribution in [2.45, 2.75) is 19.0 Å². The van der Waals surface area contributed by atoms with E-state index in [1.165, 1.54) is 25.1 Å². The minimum absolute atomic E-state index is 0.0326. The van der Waals surface area contributed by atoms with Gasteiger partial charge >= 0.3 is 12.1 Å². The Morgan fingerprint density at radius 3 is 2.56 bits per heavy atom. The van der Waals surface area contributed by atoms with Gasteiger partial charge in [0.25, 0.3) is 5.69 Å². The van der Waals surface area contributed by atoms with Crippen molar-refractivity contribution >= 4 is 45.4 Å². The molecule has 0 saturated carbocycles. The summed E-state index contributed by atoms with van der Waals surface area (Å²) in [5.41, 5.74) is -0.366. The number of non-ortho nitro benzene ring substituents is 1. The van der Waals surface area contributed by atoms with Gasteiger partial charge in [0.15, 0.2) is 5.78 Å². The first-order valence-electron chi connectivity index (χ1n) is 7.77. The van der Waals surface area contributed by atoms with Crippen molar-refractivity contribution in [3.05, 3.63) is 45.5 Å². The van der Waals surface area contributed by atoms with E-state index in [9.17, 15) is 32.9 Å². The zero-order valence-electron chi connectivity index (χ0n) is 13.8. The standard InChI is InChI=1S/C17H12ClF3N2O4/c1-8(24)10-3-2-4-11-14-9(6-18)7-22(16(25)17(19,20)21)12(14)5-13(15(10)11)23(26)27/h2-5,9H,6-7H2,1H3. The van der Waals surface area contributed by atoms with Crippen LogP contribution in [-0.4, -0.2) is 35.2 Å². The van der Waals surface area contributed by atoms with Gasteiger partial charge < -0.3 is 4.90 Å². The first-order chi connectivity index (χ1) is 12.6. The molecule has 2 aromatic rings. The molecule has 0 aromatic heterocycles. The lowest BCUT2D eigenvalue weighted by Gasteiger charge is -2.19. The summed E-state index contributed by atoms with van der Waals surface area (Å²) in [5, 5.41) is 11.8. The van der Waals surface area contributed by atoms with E-state index in [1.807, 2.05) is 0 Å². The van der Waals surface area contributed by atoms with Crippen LogP contribution in [0.4, 0.5) is 24.5 Å². The number of hydrogen-bond acceptors (Lipinski definition) is 4. The maximum Gasteiger partial charge on any atom is 0.471 e. The fourth-order valence-electron chi connectivity index (χ4n) is 3.44. The number of amides is 1. The molecule has 27 heavy (non-hydrogen) atoms. The number of alkyl halides is 4. The van der Waals surface area contributed by atoms with Crippen LogP contribution in [-0.2, 0) is 4.79 Å². The quantitative estimate of drug-likeness (QED) is 0.335. The summed E-state index contributed by atoms with van der Waals surface area (Å²) in [6.07, 6.45) is -5.14. The molecule has 0 spiro atoms. The van der Waals surface area contributed by atoms with Crippen LogP contribution in [0.3, 0.4) is 0 Å². The molecular formula is C17H12ClF3N2O4. The molecule has 1 aliphatic heterocycles. The summed E-state index contributed by atoms with van der Waals surface area (Å²) in [7, 11) is 0. The normalized spacial score (nSPS) is 16.5. The number of carbonyl (C=O) groups is 2. The second kappa shape index (κ2) is 6.49. The number of halogens is 4. The van der Waals surface area contributed by atoms with Gasteiger partial charge in [-0.25, -0.2) is 0 Å². The predicted octanol–water partition coefficient (Wildman–Crippen LogP) is 4.18. The Bertz CT molecular complexity index is 990. The highest BCUT2D eigenvalue weighted by molar-refractivity contribution is 6.19. The third-order valence-corrected chi connectivity index (χ3v) is 4.88. The highest BCUT2D eigenvalue weighted by atomic mass is 35.5. The van der Waals surface area contributed by atoms with Crippen LogP contribution in [0.1, 0.15) is 28.8 Å². The lowest BCUT2D eigenvalue weighted by atomic mass is 9.91. The van der Waals surface area contributed by atoms with E-state index in [4.69, 9.17) is 11.6 Å². The second-order valence-electron chi connectivity index (χ2n) is 6.13. The lowest BCUT2D eigenvalue weighted by Crippen LogP contribution is -2.40. The third-order valence-electron chi connectivity index (χ3n) is 4.51. The molecule has 1 amide bonds. The summed E-state index contributed by atoms with van der Waals surface area (Å²) >= 11 is 5.90. The van der Waals surface area contributed by atoms with Crippen molar-refractivity contribution in [1.29, 1.82) is 0 Å². The number of nitro benzene ring substituents is 1. The second-order valence-corrected chi connectivity index (χ2v) is 6.44. The molecule has 0 bridgehead atoms. The van der Waals surface area contributed by atoms with Gasteiger partial charge in [-0.05, 0) is 17.9 Å². The summed E-state index contributed by atoms with van der Waals surface area (Å²) in [6, 6.07) is 5.30. The molecule has 0 aliphatic carbocycles. The number of hydrogen-bond donors (Lipinski definition) is 0. The van der Waals surface area contributed by atoms with E-state index in [-0.39, 0.29) is 34.4 Å². The van der Waals surface area contributed by atoms with Crippen LogP contribution in [0.2, 0.25) is 0 Å². The molecule has 1 aliphatic rings. The number of ketones is 1. The van der Waals surface area contributed by atoms with Crippen LogP contribution < -0.4 is 4.90 Å². The Balaban J connectivity index is 2.41. The van der Waals surface area contributed by atoms with Crippen molar-refractivity contribution in [3.8, 4) is 0 Å². The van der Waals surface area contributed by atoms with Crippen molar-refractivity contribution in [3.63, 3.8) is 0 Å². The van der Waals surface area contributed by atoms with Crippen molar-refractivity contribution in [1.82, 2.24) is 0 Å². The van der Waals surface area contributed by atoms with Gasteiger partial charge in [-0.2, -0.15) is 13.2 Å². The van der Waals surface area contributed by atoms with Crippen LogP contribution in [0, 0.1) is 10.1 Å². The highest BCUT2D eigenvalue weighted by Crippen LogP contribution is 2.47. The van der Waals surface area contributed by atoms with Gasteiger partial charge in [-0.1, -0.05) is 18.2 Å². The Kier molecular flexibility index (Phi) is 4.59. The molecule has 1 heterocycles. The van der Waals surface area contributed by atoms with E-state index in [2.05, 4.69) is 0 Å². The minimum Gasteiger partial charge on any atom is -0.303 e. The molecule has 0 fully saturated rings. The van der Waals surface area contributed by atoms with Gasteiger partial charge in [0, 0.05) is 30.0 Å². The first kappa shape index (κ1) is 19.1. The van der Waals surface area contributed by atoms with Gasteiger partial charge in [-0.15, -0.1) is 11.6 Å². The predicted molar refractivity (Wildman–Crippen MR) is 92.5 cm³/mol.